The Labute approximate surface area is 268 Å². The van der Waals surface area contributed by atoms with E-state index < -0.39 is 9.85 Å². The molecule has 8 nitrogen and oxygen atoms in total. The molecular weight excluding hydrogens is 677 g/mol. The van der Waals surface area contributed by atoms with Gasteiger partial charge in [-0.05, 0) is 36.4 Å². The maximum absolute atomic E-state index is 11.4. The van der Waals surface area contributed by atoms with Crippen LogP contribution in [0.15, 0.2) is 58.3 Å². The summed E-state index contributed by atoms with van der Waals surface area (Å²) in [4.78, 5) is 22.9. The highest BCUT2D eigenvalue weighted by Gasteiger charge is 2.24. The Morgan fingerprint density at radius 3 is 1.29 bits per heavy atom. The van der Waals surface area contributed by atoms with Crippen molar-refractivity contribution in [3.05, 3.63) is 98.9 Å². The van der Waals surface area contributed by atoms with E-state index in [4.69, 9.17) is 69.6 Å². The third-order valence-electron chi connectivity index (χ3n) is 5.97. The molecule has 4 rings (SSSR count). The molecule has 41 heavy (non-hydrogen) atoms. The van der Waals surface area contributed by atoms with Gasteiger partial charge in [-0.15, -0.1) is 0 Å². The monoisotopic (exact) mass is 690 g/mol. The normalized spacial score (nSPS) is 10.9. The molecule has 0 spiro atoms. The van der Waals surface area contributed by atoms with Crippen molar-refractivity contribution in [1.82, 2.24) is 0 Å². The lowest BCUT2D eigenvalue weighted by Crippen LogP contribution is -1.98. The molecule has 0 aliphatic heterocycles. The molecule has 0 bridgehead atoms. The Hall–Kier alpha value is -2.63. The predicted octanol–water partition coefficient (Wildman–Crippen LogP) is 11.0. The maximum Gasteiger partial charge on any atom is 0.293 e. The summed E-state index contributed by atoms with van der Waals surface area (Å²) in [5.74, 6) is 0. The van der Waals surface area contributed by atoms with E-state index in [1.807, 2.05) is 0 Å². The topological polar surface area (TPSA) is 110 Å². The summed E-state index contributed by atoms with van der Waals surface area (Å²) in [6, 6.07) is 12.1. The van der Waals surface area contributed by atoms with Crippen LogP contribution >= 0.6 is 81.4 Å². The van der Waals surface area contributed by atoms with Gasteiger partial charge in [-0.25, -0.2) is 0 Å². The van der Waals surface area contributed by atoms with Gasteiger partial charge >= 0.3 is 0 Å². The molecule has 4 aromatic rings. The molecule has 2 N–H and O–H groups in total. The average Bonchev–Trinajstić information content (AvgIpc) is 2.92. The molecule has 0 atom stereocenters. The quantitative estimate of drug-likeness (QED) is 0.140. The zero-order valence-electron chi connectivity index (χ0n) is 20.8. The molecule has 0 radical (unpaired) electrons. The number of halogens is 6. The first-order valence-electron chi connectivity index (χ1n) is 11.4. The van der Waals surface area contributed by atoms with E-state index in [1.54, 1.807) is 38.4 Å². The maximum atomic E-state index is 11.4. The van der Waals surface area contributed by atoms with Crippen molar-refractivity contribution in [3.63, 3.8) is 0 Å². The molecule has 15 heteroatoms. The first-order valence-corrected chi connectivity index (χ1v) is 14.4. The zero-order chi connectivity index (χ0) is 30.2. The van der Waals surface area contributed by atoms with E-state index in [9.17, 15) is 20.2 Å². The minimum Gasteiger partial charge on any atom is -0.383 e. The fourth-order valence-electron chi connectivity index (χ4n) is 4.05. The third-order valence-corrected chi connectivity index (χ3v) is 9.36. The Balaban J connectivity index is 1.84. The minimum atomic E-state index is -0.548. The molecule has 0 unspecified atom stereocenters. The highest BCUT2D eigenvalue weighted by atomic mass is 35.5. The van der Waals surface area contributed by atoms with Crippen molar-refractivity contribution < 1.29 is 9.85 Å². The molecule has 0 saturated heterocycles. The lowest BCUT2D eigenvalue weighted by molar-refractivity contribution is -0.384. The number of nitro groups is 2. The lowest BCUT2D eigenvalue weighted by Gasteiger charge is -2.17. The summed E-state index contributed by atoms with van der Waals surface area (Å²) in [5, 5.41) is 29.7. The van der Waals surface area contributed by atoms with Crippen molar-refractivity contribution in [2.75, 3.05) is 24.7 Å². The van der Waals surface area contributed by atoms with E-state index in [0.29, 0.717) is 32.0 Å². The highest BCUT2D eigenvalue weighted by Crippen LogP contribution is 2.50. The van der Waals surface area contributed by atoms with Crippen LogP contribution in [-0.2, 0) is 0 Å². The van der Waals surface area contributed by atoms with Gasteiger partial charge in [0.1, 0.15) is 11.4 Å². The van der Waals surface area contributed by atoms with Gasteiger partial charge in [0, 0.05) is 58.3 Å². The van der Waals surface area contributed by atoms with Crippen molar-refractivity contribution >= 4 is 104 Å². The first-order chi connectivity index (χ1) is 19.4. The molecule has 0 amide bonds. The van der Waals surface area contributed by atoms with Crippen molar-refractivity contribution in [2.45, 2.75) is 9.79 Å². The third kappa shape index (κ3) is 6.12. The van der Waals surface area contributed by atoms with Gasteiger partial charge in [0.05, 0.1) is 40.0 Å². The van der Waals surface area contributed by atoms with Gasteiger partial charge in [0.15, 0.2) is 0 Å². The van der Waals surface area contributed by atoms with Gasteiger partial charge in [-0.1, -0.05) is 81.4 Å². The summed E-state index contributed by atoms with van der Waals surface area (Å²) < 4.78 is 0. The largest absolute Gasteiger partial charge is 0.383 e. The van der Waals surface area contributed by atoms with Gasteiger partial charge in [0.2, 0.25) is 0 Å². The van der Waals surface area contributed by atoms with Crippen LogP contribution in [0.4, 0.5) is 22.7 Å². The van der Waals surface area contributed by atoms with Crippen LogP contribution < -0.4 is 10.6 Å². The molecule has 0 heterocycles. The first kappa shape index (κ1) is 31.3. The zero-order valence-corrected chi connectivity index (χ0v) is 26.2. The second kappa shape index (κ2) is 12.7. The van der Waals surface area contributed by atoms with Crippen LogP contribution in [0.3, 0.4) is 0 Å². The van der Waals surface area contributed by atoms with Crippen LogP contribution in [0.25, 0.3) is 22.3 Å². The van der Waals surface area contributed by atoms with E-state index >= 15 is 0 Å². The molecule has 212 valence electrons. The Morgan fingerprint density at radius 1 is 0.610 bits per heavy atom. The fourth-order valence-corrected chi connectivity index (χ4v) is 6.83. The molecule has 0 saturated carbocycles. The van der Waals surface area contributed by atoms with Crippen LogP contribution in [-0.4, -0.2) is 23.9 Å². The fraction of sp³-hybridized carbons (Fsp3) is 0.0769. The van der Waals surface area contributed by atoms with Crippen molar-refractivity contribution in [2.24, 2.45) is 0 Å². The van der Waals surface area contributed by atoms with Crippen LogP contribution in [0, 0.1) is 20.2 Å². The number of anilines is 2. The molecule has 0 fully saturated rings. The van der Waals surface area contributed by atoms with Gasteiger partial charge < -0.3 is 10.6 Å². The summed E-state index contributed by atoms with van der Waals surface area (Å²) in [7, 11) is 3.10. The summed E-state index contributed by atoms with van der Waals surface area (Å²) in [6.45, 7) is 0. The van der Waals surface area contributed by atoms with Crippen molar-refractivity contribution in [3.8, 4) is 22.3 Å². The van der Waals surface area contributed by atoms with E-state index in [1.165, 1.54) is 36.0 Å². The molecule has 0 aromatic heterocycles. The predicted molar refractivity (Wildman–Crippen MR) is 170 cm³/mol. The Bertz CT molecular complexity index is 1610. The Kier molecular flexibility index (Phi) is 9.70. The summed E-state index contributed by atoms with van der Waals surface area (Å²) >= 11 is 40.8. The van der Waals surface area contributed by atoms with Crippen LogP contribution in [0.5, 0.6) is 0 Å². The van der Waals surface area contributed by atoms with E-state index in [2.05, 4.69) is 10.6 Å². The van der Waals surface area contributed by atoms with E-state index in [-0.39, 0.29) is 52.9 Å². The molecular formula is C26H16Cl6N4O4S. The van der Waals surface area contributed by atoms with Crippen LogP contribution in [0.1, 0.15) is 0 Å². The molecule has 4 aromatic carbocycles. The highest BCUT2D eigenvalue weighted by molar-refractivity contribution is 7.99. The number of benzene rings is 4. The summed E-state index contributed by atoms with van der Waals surface area (Å²) in [5.41, 5.74) is 1.57. The number of rotatable bonds is 8. The number of hydrogen-bond donors (Lipinski definition) is 2. The average molecular weight is 693 g/mol. The standard InChI is InChI=1S/C26H16Cl6N4O4S/c1-33-17-7-11(15(29)9-19(17)35(37)38)23-13(27)3-5-21(25(23)31)41-22-6-4-14(28)24(26(22)32)12-8-18(34-2)20(36(39)40)10-16(12)30/h3-10,33-34H,1-2H3. The SMILES string of the molecule is CNc1cc(-c2c(Cl)ccc(Sc3ccc(Cl)c(-c4cc(NC)c([N+](=O)[O-])cc4Cl)c3Cl)c2Cl)c(Cl)cc1[N+](=O)[O-]. The van der Waals surface area contributed by atoms with Gasteiger partial charge in [-0.2, -0.15) is 0 Å². The number of hydrogen-bond acceptors (Lipinski definition) is 7. The van der Waals surface area contributed by atoms with Gasteiger partial charge in [0.25, 0.3) is 11.4 Å². The smallest absolute Gasteiger partial charge is 0.293 e. The van der Waals surface area contributed by atoms with E-state index in [0.717, 1.165) is 0 Å². The molecule has 0 aliphatic carbocycles. The van der Waals surface area contributed by atoms with Gasteiger partial charge in [-0.3, -0.25) is 20.2 Å². The summed E-state index contributed by atoms with van der Waals surface area (Å²) in [6.07, 6.45) is 0. The Morgan fingerprint density at radius 2 is 0.976 bits per heavy atom. The number of nitrogens with one attached hydrogen (secondary N) is 2. The van der Waals surface area contributed by atoms with Crippen molar-refractivity contribution in [1.29, 1.82) is 0 Å². The second-order valence-corrected chi connectivity index (χ2v) is 11.8. The second-order valence-electron chi connectivity index (χ2n) is 8.28. The van der Waals surface area contributed by atoms with Crippen LogP contribution in [0.2, 0.25) is 30.1 Å². The number of nitro benzene ring substituents is 2. The molecule has 0 aliphatic rings. The number of nitrogens with zero attached hydrogens (tertiary/aromatic N) is 2. The minimum absolute atomic E-state index is 0.0848. The lowest BCUT2D eigenvalue weighted by atomic mass is 10.0.